The molecule has 6 nitrogen and oxygen atoms in total. The number of hydrogen-bond acceptors (Lipinski definition) is 4. The third-order valence-corrected chi connectivity index (χ3v) is 2.97. The second kappa shape index (κ2) is 4.58. The van der Waals surface area contributed by atoms with Crippen LogP contribution in [0.1, 0.15) is 23.8 Å². The minimum atomic E-state index is -0.585. The molecule has 0 aliphatic rings. The molecule has 2 aromatic rings. The quantitative estimate of drug-likeness (QED) is 0.803. The van der Waals surface area contributed by atoms with E-state index in [-0.39, 0.29) is 0 Å². The van der Waals surface area contributed by atoms with Crippen molar-refractivity contribution in [2.75, 3.05) is 5.73 Å². The minimum Gasteiger partial charge on any atom is -0.388 e. The van der Waals surface area contributed by atoms with E-state index in [9.17, 15) is 5.11 Å². The Morgan fingerprint density at radius 1 is 1.35 bits per heavy atom. The summed E-state index contributed by atoms with van der Waals surface area (Å²) < 4.78 is 3.36. The Hall–Kier alpha value is -1.82. The summed E-state index contributed by atoms with van der Waals surface area (Å²) in [6.07, 6.45) is 4.14. The molecule has 0 aliphatic carbocycles. The summed E-state index contributed by atoms with van der Waals surface area (Å²) in [6.45, 7) is 0. The van der Waals surface area contributed by atoms with Crippen LogP contribution in [0, 0.1) is 0 Å². The maximum Gasteiger partial charge on any atom is 0.127 e. The van der Waals surface area contributed by atoms with E-state index in [1.54, 1.807) is 28.8 Å². The summed E-state index contributed by atoms with van der Waals surface area (Å²) in [5.41, 5.74) is 7.58. The second-order valence-corrected chi connectivity index (χ2v) is 4.11. The predicted octanol–water partition coefficient (Wildman–Crippen LogP) is 0.402. The van der Waals surface area contributed by atoms with E-state index in [1.165, 1.54) is 0 Å². The van der Waals surface area contributed by atoms with E-state index in [0.717, 1.165) is 12.1 Å². The first-order chi connectivity index (χ1) is 8.09. The summed E-state index contributed by atoms with van der Waals surface area (Å²) in [6, 6.07) is 1.94. The van der Waals surface area contributed by atoms with Crippen LogP contribution in [-0.2, 0) is 20.5 Å². The van der Waals surface area contributed by atoms with Gasteiger partial charge in [0.05, 0.1) is 12.3 Å². The molecule has 2 heterocycles. The number of aliphatic hydroxyl groups is 1. The highest BCUT2D eigenvalue weighted by atomic mass is 16.3. The van der Waals surface area contributed by atoms with Crippen molar-refractivity contribution in [1.29, 1.82) is 0 Å². The molecule has 2 aromatic heterocycles. The Bertz CT molecular complexity index is 502. The number of aryl methyl sites for hydroxylation is 3. The Labute approximate surface area is 99.7 Å². The average molecular weight is 235 g/mol. The monoisotopic (exact) mass is 235 g/mol. The number of nitrogen functional groups attached to an aromatic ring is 1. The van der Waals surface area contributed by atoms with Crippen LogP contribution >= 0.6 is 0 Å². The highest BCUT2D eigenvalue weighted by Gasteiger charge is 2.15. The lowest BCUT2D eigenvalue weighted by atomic mass is 10.1. The molecule has 0 amide bonds. The molecule has 0 aromatic carbocycles. The van der Waals surface area contributed by atoms with Gasteiger partial charge in [-0.15, -0.1) is 0 Å². The Morgan fingerprint density at radius 2 is 2.12 bits per heavy atom. The first-order valence-corrected chi connectivity index (χ1v) is 5.52. The number of nitrogens with two attached hydrogens (primary N) is 1. The minimum absolute atomic E-state index is 0.516. The van der Waals surface area contributed by atoms with E-state index < -0.39 is 6.10 Å². The Balaban J connectivity index is 2.00. The fourth-order valence-corrected chi connectivity index (χ4v) is 1.81. The van der Waals surface area contributed by atoms with E-state index in [4.69, 9.17) is 5.73 Å². The molecule has 17 heavy (non-hydrogen) atoms. The fourth-order valence-electron chi connectivity index (χ4n) is 1.81. The van der Waals surface area contributed by atoms with Crippen molar-refractivity contribution in [2.24, 2.45) is 14.1 Å². The Kier molecular flexibility index (Phi) is 3.14. The van der Waals surface area contributed by atoms with Crippen LogP contribution in [0.2, 0.25) is 0 Å². The zero-order valence-corrected chi connectivity index (χ0v) is 10.0. The summed E-state index contributed by atoms with van der Waals surface area (Å²) in [7, 11) is 3.65. The molecule has 0 bridgehead atoms. The van der Waals surface area contributed by atoms with Gasteiger partial charge in [-0.1, -0.05) is 0 Å². The predicted molar refractivity (Wildman–Crippen MR) is 64.1 cm³/mol. The first-order valence-electron chi connectivity index (χ1n) is 5.52. The molecule has 1 atom stereocenters. The highest BCUT2D eigenvalue weighted by Crippen LogP contribution is 2.23. The smallest absolute Gasteiger partial charge is 0.127 e. The average Bonchev–Trinajstić information content (AvgIpc) is 2.84. The van der Waals surface area contributed by atoms with Crippen LogP contribution in [0.4, 0.5) is 5.82 Å². The molecular formula is C11H17N5O. The third-order valence-electron chi connectivity index (χ3n) is 2.97. The van der Waals surface area contributed by atoms with Gasteiger partial charge in [-0.25, -0.2) is 0 Å². The van der Waals surface area contributed by atoms with Crippen molar-refractivity contribution in [3.05, 3.63) is 29.7 Å². The molecule has 0 saturated heterocycles. The number of nitrogens with zero attached hydrogens (tertiary/aromatic N) is 4. The van der Waals surface area contributed by atoms with Crippen LogP contribution in [0.25, 0.3) is 0 Å². The largest absolute Gasteiger partial charge is 0.388 e. The first kappa shape index (κ1) is 11.7. The van der Waals surface area contributed by atoms with Crippen LogP contribution in [-0.4, -0.2) is 24.7 Å². The van der Waals surface area contributed by atoms with Crippen LogP contribution in [0.5, 0.6) is 0 Å². The zero-order chi connectivity index (χ0) is 12.4. The van der Waals surface area contributed by atoms with E-state index in [0.29, 0.717) is 17.8 Å². The maximum atomic E-state index is 10.0. The van der Waals surface area contributed by atoms with Crippen molar-refractivity contribution >= 4 is 5.82 Å². The van der Waals surface area contributed by atoms with Crippen molar-refractivity contribution in [2.45, 2.75) is 18.9 Å². The molecule has 0 spiro atoms. The lowest BCUT2D eigenvalue weighted by Crippen LogP contribution is -2.06. The van der Waals surface area contributed by atoms with E-state index >= 15 is 0 Å². The highest BCUT2D eigenvalue weighted by molar-refractivity contribution is 5.39. The molecule has 2 rings (SSSR count). The molecular weight excluding hydrogens is 218 g/mol. The number of anilines is 1. The van der Waals surface area contributed by atoms with Gasteiger partial charge in [0.1, 0.15) is 5.82 Å². The summed E-state index contributed by atoms with van der Waals surface area (Å²) in [5, 5.41) is 18.1. The van der Waals surface area contributed by atoms with Gasteiger partial charge in [0.15, 0.2) is 0 Å². The van der Waals surface area contributed by atoms with Gasteiger partial charge in [0, 0.05) is 31.5 Å². The van der Waals surface area contributed by atoms with E-state index in [1.807, 2.05) is 13.1 Å². The van der Waals surface area contributed by atoms with Gasteiger partial charge in [-0.3, -0.25) is 9.36 Å². The summed E-state index contributed by atoms with van der Waals surface area (Å²) in [5.74, 6) is 0.516. The van der Waals surface area contributed by atoms with Crippen molar-refractivity contribution in [3.63, 3.8) is 0 Å². The van der Waals surface area contributed by atoms with Gasteiger partial charge in [-0.2, -0.15) is 10.2 Å². The van der Waals surface area contributed by atoms with Crippen LogP contribution < -0.4 is 5.73 Å². The second-order valence-electron chi connectivity index (χ2n) is 4.11. The molecule has 92 valence electrons. The van der Waals surface area contributed by atoms with Gasteiger partial charge in [0.25, 0.3) is 0 Å². The normalized spacial score (nSPS) is 12.9. The summed E-state index contributed by atoms with van der Waals surface area (Å²) >= 11 is 0. The SMILES string of the molecule is Cn1nccc1CCC(O)c1cnn(C)c1N. The lowest BCUT2D eigenvalue weighted by Gasteiger charge is -2.09. The molecule has 0 saturated carbocycles. The van der Waals surface area contributed by atoms with E-state index in [2.05, 4.69) is 10.2 Å². The van der Waals surface area contributed by atoms with Gasteiger partial charge >= 0.3 is 0 Å². The molecule has 6 heteroatoms. The zero-order valence-electron chi connectivity index (χ0n) is 10.0. The molecule has 0 fully saturated rings. The fraction of sp³-hybridized carbons (Fsp3) is 0.455. The summed E-state index contributed by atoms with van der Waals surface area (Å²) in [4.78, 5) is 0. The van der Waals surface area contributed by atoms with Gasteiger partial charge in [0.2, 0.25) is 0 Å². The third kappa shape index (κ3) is 2.31. The topological polar surface area (TPSA) is 81.9 Å². The number of aromatic nitrogens is 4. The number of rotatable bonds is 4. The molecule has 3 N–H and O–H groups in total. The van der Waals surface area contributed by atoms with Crippen molar-refractivity contribution in [1.82, 2.24) is 19.6 Å². The van der Waals surface area contributed by atoms with Crippen molar-refractivity contribution in [3.8, 4) is 0 Å². The lowest BCUT2D eigenvalue weighted by molar-refractivity contribution is 0.168. The van der Waals surface area contributed by atoms with Gasteiger partial charge in [-0.05, 0) is 18.9 Å². The molecule has 1 unspecified atom stereocenters. The van der Waals surface area contributed by atoms with Crippen LogP contribution in [0.15, 0.2) is 18.5 Å². The standard InChI is InChI=1S/C11H17N5O/c1-15-8(5-6-13-15)3-4-10(17)9-7-14-16(2)11(9)12/h5-7,10,17H,3-4,12H2,1-2H3. The molecule has 0 aliphatic heterocycles. The number of aliphatic hydroxyl groups excluding tert-OH is 1. The number of hydrogen-bond donors (Lipinski definition) is 2. The Morgan fingerprint density at radius 3 is 2.65 bits per heavy atom. The van der Waals surface area contributed by atoms with Crippen molar-refractivity contribution < 1.29 is 5.11 Å². The van der Waals surface area contributed by atoms with Gasteiger partial charge < -0.3 is 10.8 Å². The molecule has 0 radical (unpaired) electrons. The van der Waals surface area contributed by atoms with Crippen LogP contribution in [0.3, 0.4) is 0 Å². The maximum absolute atomic E-state index is 10.0.